The number of ether oxygens (including phenoxy) is 1. The van der Waals surface area contributed by atoms with E-state index in [1.165, 1.54) is 0 Å². The summed E-state index contributed by atoms with van der Waals surface area (Å²) in [4.78, 5) is 30.3. The van der Waals surface area contributed by atoms with Crippen molar-refractivity contribution in [1.82, 2.24) is 29.8 Å². The maximum atomic E-state index is 5.47. The van der Waals surface area contributed by atoms with Crippen molar-refractivity contribution in [3.05, 3.63) is 42.4 Å². The molecule has 0 unspecified atom stereocenters. The molecule has 0 aliphatic carbocycles. The Labute approximate surface area is 214 Å². The molecule has 36 heavy (non-hydrogen) atoms. The third kappa shape index (κ3) is 4.95. The summed E-state index contributed by atoms with van der Waals surface area (Å²) in [6.45, 7) is 9.04. The molecule has 10 nitrogen and oxygen atoms in total. The standard InChI is InChI=1S/C25H29N9OS/c1-17-13-22(31-25(28-17)34-7-5-32(2)6-8-34)30-21-15-19-20(16-27-21)36-24(29-19)18-3-4-26-23(14-18)33-9-11-35-12-10-33/h3-4,13-16H,5-12H2,1-2H3,(H,27,28,30,31). The minimum atomic E-state index is 0.713. The molecule has 0 atom stereocenters. The molecule has 6 heterocycles. The zero-order valence-corrected chi connectivity index (χ0v) is 21.3. The highest BCUT2D eigenvalue weighted by atomic mass is 32.1. The summed E-state index contributed by atoms with van der Waals surface area (Å²) in [6.07, 6.45) is 3.73. The Bertz CT molecular complexity index is 1360. The molecule has 2 aliphatic heterocycles. The number of piperazine rings is 1. The zero-order chi connectivity index (χ0) is 24.5. The number of aryl methyl sites for hydroxylation is 1. The number of thiazole rings is 1. The number of nitrogens with one attached hydrogen (secondary N) is 1. The second-order valence-corrected chi connectivity index (χ2v) is 10.2. The topological polar surface area (TPSA) is 95.4 Å². The van der Waals surface area contributed by atoms with Crippen LogP contribution in [0.15, 0.2) is 36.7 Å². The number of morpholine rings is 1. The molecule has 0 saturated carbocycles. The molecule has 2 aliphatic rings. The average Bonchev–Trinajstić information content (AvgIpc) is 3.33. The normalized spacial score (nSPS) is 17.1. The Hall–Kier alpha value is -3.41. The fourth-order valence-corrected chi connectivity index (χ4v) is 5.35. The number of fused-ring (bicyclic) bond motifs is 1. The fraction of sp³-hybridized carbons (Fsp3) is 0.400. The van der Waals surface area contributed by atoms with Crippen LogP contribution in [0, 0.1) is 6.92 Å². The molecule has 4 aromatic rings. The first-order valence-corrected chi connectivity index (χ1v) is 13.0. The van der Waals surface area contributed by atoms with Crippen LogP contribution < -0.4 is 15.1 Å². The third-order valence-corrected chi connectivity index (χ3v) is 7.54. The molecule has 186 valence electrons. The molecule has 0 aromatic carbocycles. The molecular weight excluding hydrogens is 474 g/mol. The maximum Gasteiger partial charge on any atom is 0.227 e. The summed E-state index contributed by atoms with van der Waals surface area (Å²) in [5.74, 6) is 3.18. The Kier molecular flexibility index (Phi) is 6.34. The van der Waals surface area contributed by atoms with Crippen LogP contribution in [0.25, 0.3) is 20.8 Å². The van der Waals surface area contributed by atoms with Gasteiger partial charge in [-0.15, -0.1) is 11.3 Å². The van der Waals surface area contributed by atoms with Crippen LogP contribution in [0.3, 0.4) is 0 Å². The SMILES string of the molecule is Cc1cc(Nc2cc3nc(-c4ccnc(N5CCOCC5)c4)sc3cn2)nc(N2CCN(C)CC2)n1. The van der Waals surface area contributed by atoms with Gasteiger partial charge < -0.3 is 24.8 Å². The highest BCUT2D eigenvalue weighted by molar-refractivity contribution is 7.21. The van der Waals surface area contributed by atoms with Gasteiger partial charge in [0.2, 0.25) is 5.95 Å². The van der Waals surface area contributed by atoms with Crippen molar-refractivity contribution >= 4 is 45.0 Å². The fourth-order valence-electron chi connectivity index (χ4n) is 4.44. The summed E-state index contributed by atoms with van der Waals surface area (Å²) < 4.78 is 6.51. The van der Waals surface area contributed by atoms with Crippen LogP contribution in [0.5, 0.6) is 0 Å². The van der Waals surface area contributed by atoms with Crippen LogP contribution in [0.1, 0.15) is 5.69 Å². The summed E-state index contributed by atoms with van der Waals surface area (Å²) in [5.41, 5.74) is 2.89. The molecule has 4 aromatic heterocycles. The van der Waals surface area contributed by atoms with E-state index in [0.29, 0.717) is 5.82 Å². The Morgan fingerprint density at radius 3 is 2.56 bits per heavy atom. The summed E-state index contributed by atoms with van der Waals surface area (Å²) >= 11 is 1.64. The van der Waals surface area contributed by atoms with Gasteiger partial charge in [0.15, 0.2) is 0 Å². The van der Waals surface area contributed by atoms with Gasteiger partial charge in [-0.05, 0) is 26.1 Å². The van der Waals surface area contributed by atoms with Crippen LogP contribution in [-0.2, 0) is 4.74 Å². The van der Waals surface area contributed by atoms with Crippen molar-refractivity contribution in [3.8, 4) is 10.6 Å². The molecule has 2 saturated heterocycles. The van der Waals surface area contributed by atoms with Crippen molar-refractivity contribution < 1.29 is 4.74 Å². The van der Waals surface area contributed by atoms with Crippen molar-refractivity contribution in [2.45, 2.75) is 6.92 Å². The van der Waals surface area contributed by atoms with Crippen molar-refractivity contribution in [2.75, 3.05) is 74.6 Å². The largest absolute Gasteiger partial charge is 0.378 e. The van der Waals surface area contributed by atoms with Crippen LogP contribution in [0.2, 0.25) is 0 Å². The van der Waals surface area contributed by atoms with Gasteiger partial charge in [-0.1, -0.05) is 0 Å². The Balaban J connectivity index is 1.23. The second kappa shape index (κ2) is 9.92. The first-order chi connectivity index (χ1) is 17.6. The minimum Gasteiger partial charge on any atom is -0.378 e. The van der Waals surface area contributed by atoms with E-state index in [-0.39, 0.29) is 0 Å². The Morgan fingerprint density at radius 2 is 1.72 bits per heavy atom. The molecule has 6 rings (SSSR count). The van der Waals surface area contributed by atoms with Gasteiger partial charge in [0.1, 0.15) is 22.5 Å². The van der Waals surface area contributed by atoms with Crippen molar-refractivity contribution in [3.63, 3.8) is 0 Å². The van der Waals surface area contributed by atoms with Gasteiger partial charge in [0, 0.05) is 75.1 Å². The number of rotatable bonds is 5. The summed E-state index contributed by atoms with van der Waals surface area (Å²) in [5, 5.41) is 4.32. The first-order valence-electron chi connectivity index (χ1n) is 12.2. The minimum absolute atomic E-state index is 0.713. The van der Waals surface area contributed by atoms with E-state index in [1.807, 2.05) is 37.5 Å². The first kappa shape index (κ1) is 23.0. The quantitative estimate of drug-likeness (QED) is 0.437. The van der Waals surface area contributed by atoms with Crippen molar-refractivity contribution in [1.29, 1.82) is 0 Å². The molecule has 0 bridgehead atoms. The van der Waals surface area contributed by atoms with Crippen LogP contribution in [-0.4, -0.2) is 89.3 Å². The average molecular weight is 504 g/mol. The number of hydrogen-bond acceptors (Lipinski definition) is 11. The van der Waals surface area contributed by atoms with E-state index in [0.717, 1.165) is 96.5 Å². The highest BCUT2D eigenvalue weighted by Crippen LogP contribution is 2.32. The molecule has 0 amide bonds. The molecular formula is C25H29N9OS. The number of likely N-dealkylation sites (N-methyl/N-ethyl adjacent to an activating group) is 1. The van der Waals surface area contributed by atoms with Crippen molar-refractivity contribution in [2.24, 2.45) is 0 Å². The van der Waals surface area contributed by atoms with Crippen LogP contribution in [0.4, 0.5) is 23.4 Å². The van der Waals surface area contributed by atoms with Gasteiger partial charge in [-0.25, -0.2) is 19.9 Å². The summed E-state index contributed by atoms with van der Waals surface area (Å²) in [6, 6.07) is 8.05. The monoisotopic (exact) mass is 503 g/mol. The zero-order valence-electron chi connectivity index (χ0n) is 20.5. The van der Waals surface area contributed by atoms with Gasteiger partial charge in [-0.2, -0.15) is 4.98 Å². The smallest absolute Gasteiger partial charge is 0.227 e. The number of nitrogens with zero attached hydrogens (tertiary/aromatic N) is 8. The third-order valence-electron chi connectivity index (χ3n) is 6.49. The molecule has 11 heteroatoms. The molecule has 2 fully saturated rings. The lowest BCUT2D eigenvalue weighted by atomic mass is 10.2. The number of pyridine rings is 2. The lowest BCUT2D eigenvalue weighted by Gasteiger charge is -2.32. The molecule has 0 spiro atoms. The molecule has 1 N–H and O–H groups in total. The van der Waals surface area contributed by atoms with Gasteiger partial charge in [-0.3, -0.25) is 0 Å². The predicted octanol–water partition coefficient (Wildman–Crippen LogP) is 3.18. The second-order valence-electron chi connectivity index (χ2n) is 9.17. The lowest BCUT2D eigenvalue weighted by molar-refractivity contribution is 0.122. The van der Waals surface area contributed by atoms with Gasteiger partial charge in [0.25, 0.3) is 0 Å². The Morgan fingerprint density at radius 1 is 0.889 bits per heavy atom. The van der Waals surface area contributed by atoms with E-state index in [9.17, 15) is 0 Å². The predicted molar refractivity (Wildman–Crippen MR) is 143 cm³/mol. The van der Waals surface area contributed by atoms with E-state index in [2.05, 4.69) is 48.1 Å². The van der Waals surface area contributed by atoms with E-state index >= 15 is 0 Å². The number of anilines is 4. The maximum absolute atomic E-state index is 5.47. The highest BCUT2D eigenvalue weighted by Gasteiger charge is 2.18. The number of hydrogen-bond donors (Lipinski definition) is 1. The van der Waals surface area contributed by atoms with E-state index < -0.39 is 0 Å². The van der Waals surface area contributed by atoms with E-state index in [4.69, 9.17) is 14.7 Å². The molecule has 0 radical (unpaired) electrons. The summed E-state index contributed by atoms with van der Waals surface area (Å²) in [7, 11) is 2.14. The van der Waals surface area contributed by atoms with Crippen LogP contribution >= 0.6 is 11.3 Å². The van der Waals surface area contributed by atoms with E-state index in [1.54, 1.807) is 11.3 Å². The van der Waals surface area contributed by atoms with Gasteiger partial charge in [0.05, 0.1) is 23.4 Å². The lowest BCUT2D eigenvalue weighted by Crippen LogP contribution is -2.45. The number of aromatic nitrogens is 5. The van der Waals surface area contributed by atoms with Gasteiger partial charge >= 0.3 is 0 Å².